The highest BCUT2D eigenvalue weighted by Gasteiger charge is 2.56. The summed E-state index contributed by atoms with van der Waals surface area (Å²) in [5.74, 6) is 0. The lowest BCUT2D eigenvalue weighted by atomic mass is 9.33. The lowest BCUT2D eigenvalue weighted by Gasteiger charge is -2.47. The fourth-order valence-electron chi connectivity index (χ4n) is 16.6. The van der Waals surface area contributed by atoms with Gasteiger partial charge in [0.25, 0.3) is 6.71 Å². The average Bonchev–Trinajstić information content (AvgIpc) is 1.42. The van der Waals surface area contributed by atoms with Gasteiger partial charge in [-0.3, -0.25) is 0 Å². The van der Waals surface area contributed by atoms with E-state index >= 15 is 0 Å². The number of fused-ring (bicyclic) bond motifs is 24. The maximum absolute atomic E-state index is 2.74. The molecule has 0 bridgehead atoms. The largest absolute Gasteiger partial charge is 0.311 e. The van der Waals surface area contributed by atoms with Crippen LogP contribution in [0.25, 0.3) is 33.4 Å². The predicted octanol–water partition coefficient (Wildman–Crippen LogP) is 20.0. The highest BCUT2D eigenvalue weighted by Crippen LogP contribution is 2.67. The van der Waals surface area contributed by atoms with Crippen LogP contribution in [0.2, 0.25) is 0 Å². The van der Waals surface area contributed by atoms with Gasteiger partial charge in [-0.2, -0.15) is 0 Å². The molecule has 0 aromatic heterocycles. The van der Waals surface area contributed by atoms with E-state index in [1.54, 1.807) is 0 Å². The van der Waals surface area contributed by atoms with Crippen LogP contribution >= 0.6 is 23.5 Å². The zero-order valence-electron chi connectivity index (χ0n) is 50.5. The molecule has 0 radical (unpaired) electrons. The van der Waals surface area contributed by atoms with Gasteiger partial charge in [-0.25, -0.2) is 0 Å². The number of aryl methyl sites for hydroxylation is 1. The van der Waals surface area contributed by atoms with Crippen LogP contribution in [0.4, 0.5) is 34.1 Å². The molecule has 12 aromatic rings. The van der Waals surface area contributed by atoms with Gasteiger partial charge in [-0.05, 0) is 173 Å². The lowest BCUT2D eigenvalue weighted by Crippen LogP contribution is -2.61. The molecule has 2 nitrogen and oxygen atoms in total. The molecule has 0 saturated carbocycles. The summed E-state index contributed by atoms with van der Waals surface area (Å²) in [5.41, 5.74) is 32.1. The van der Waals surface area contributed by atoms with Crippen molar-refractivity contribution in [2.24, 2.45) is 0 Å². The Morgan fingerprint density at radius 2 is 0.750 bits per heavy atom. The third-order valence-corrected chi connectivity index (χ3v) is 22.6. The highest BCUT2D eigenvalue weighted by molar-refractivity contribution is 7.99. The lowest BCUT2D eigenvalue weighted by molar-refractivity contribution is 0.590. The van der Waals surface area contributed by atoms with Crippen molar-refractivity contribution in [1.29, 1.82) is 0 Å². The summed E-state index contributed by atoms with van der Waals surface area (Å²) in [6, 6.07) is 99.2. The third-order valence-electron chi connectivity index (χ3n) is 20.3. The number of anilines is 6. The monoisotopic (exact) mass is 1160 g/mol. The van der Waals surface area contributed by atoms with E-state index in [9.17, 15) is 0 Å². The van der Waals surface area contributed by atoms with E-state index in [4.69, 9.17) is 0 Å². The van der Waals surface area contributed by atoms with Crippen molar-refractivity contribution in [3.8, 4) is 33.4 Å². The summed E-state index contributed by atoms with van der Waals surface area (Å²) in [5, 5.41) is 0. The maximum Gasteiger partial charge on any atom is 0.252 e. The molecular weight excluding hydrogens is 1100 g/mol. The molecule has 0 amide bonds. The fraction of sp³-hybridized carbons (Fsp3) is 0.133. The molecule has 4 aliphatic heterocycles. The van der Waals surface area contributed by atoms with Crippen molar-refractivity contribution in [3.05, 3.63) is 316 Å². The molecule has 2 aliphatic carbocycles. The second-order valence-electron chi connectivity index (χ2n) is 27.1. The minimum absolute atomic E-state index is 0.0282. The number of nitrogens with zero attached hydrogens (tertiary/aromatic N) is 2. The smallest absolute Gasteiger partial charge is 0.252 e. The van der Waals surface area contributed by atoms with E-state index in [-0.39, 0.29) is 17.5 Å². The number of rotatable bonds is 3. The molecular formula is C83H63BN2S2. The number of hydrogen-bond donors (Lipinski definition) is 0. The Bertz CT molecular complexity index is 4890. The molecule has 0 saturated heterocycles. The van der Waals surface area contributed by atoms with Gasteiger partial charge in [0.15, 0.2) is 0 Å². The van der Waals surface area contributed by atoms with Gasteiger partial charge in [0, 0.05) is 64.7 Å². The van der Waals surface area contributed by atoms with Gasteiger partial charge in [0.05, 0.1) is 16.5 Å². The molecule has 0 atom stereocenters. The molecule has 0 fully saturated rings. The predicted molar refractivity (Wildman–Crippen MR) is 371 cm³/mol. The van der Waals surface area contributed by atoms with Crippen molar-refractivity contribution < 1.29 is 0 Å². The van der Waals surface area contributed by atoms with Gasteiger partial charge in [0.1, 0.15) is 0 Å². The standard InChI is InChI=1S/C83H63BN2S2/c1-50-47-69-77-70(48-50)86(68-46-39-53(81(5,6)7)49-57(68)51-23-9-8-10-24-51)79-67(45-43-65-76(79)56-26-12-14-28-59(56)83(65)62-31-17-21-35-73(62)88-74-36-22-18-32-63(74)83)84(77)66-44-42-64-75(78(66)85(69)54-40-37-52(38-41-54)80(2,3)4)55-25-11-13-27-58(55)82(64)60-29-15-19-33-71(60)87-72-34-20-16-30-61(72)82/h8-49H,1-7H3. The van der Waals surface area contributed by atoms with Gasteiger partial charge in [-0.15, -0.1) is 0 Å². The summed E-state index contributed by atoms with van der Waals surface area (Å²) >= 11 is 3.82. The molecule has 0 unspecified atom stereocenters. The minimum atomic E-state index is -0.578. The Morgan fingerprint density at radius 3 is 1.23 bits per heavy atom. The van der Waals surface area contributed by atoms with Gasteiger partial charge in [-0.1, -0.05) is 259 Å². The quantitative estimate of drug-likeness (QED) is 0.163. The fourth-order valence-corrected chi connectivity index (χ4v) is 19.0. The van der Waals surface area contributed by atoms with Crippen LogP contribution in [0.1, 0.15) is 103 Å². The molecule has 420 valence electrons. The third kappa shape index (κ3) is 6.89. The Balaban J connectivity index is 1.01. The SMILES string of the molecule is Cc1cc2c3c(c1)N(c1ccc(C(C)(C)C)cc1-c1ccccc1)c1c(ccc4c1-c1ccccc1C41c4ccccc4Sc4ccccc41)B3c1ccc3c(c1N2c1ccc(C(C)(C)C)cc1)-c1ccccc1C31c2ccccc2Sc2ccccc21. The Labute approximate surface area is 526 Å². The van der Waals surface area contributed by atoms with Crippen molar-refractivity contribution in [2.75, 3.05) is 9.80 Å². The first-order valence-electron chi connectivity index (χ1n) is 31.2. The van der Waals surface area contributed by atoms with Crippen molar-refractivity contribution in [2.45, 2.75) is 89.7 Å². The van der Waals surface area contributed by atoms with E-state index in [0.717, 1.165) is 5.69 Å². The average molecular weight is 1160 g/mol. The van der Waals surface area contributed by atoms with Crippen molar-refractivity contribution in [3.63, 3.8) is 0 Å². The molecule has 5 heteroatoms. The van der Waals surface area contributed by atoms with Gasteiger partial charge in [0.2, 0.25) is 0 Å². The minimum Gasteiger partial charge on any atom is -0.311 e. The first-order chi connectivity index (χ1) is 42.8. The van der Waals surface area contributed by atoms with Crippen LogP contribution in [-0.4, -0.2) is 6.71 Å². The molecule has 18 rings (SSSR count). The molecule has 0 N–H and O–H groups in total. The second-order valence-corrected chi connectivity index (χ2v) is 29.3. The first-order valence-corrected chi connectivity index (χ1v) is 32.8. The summed E-state index contributed by atoms with van der Waals surface area (Å²) in [6.07, 6.45) is 0. The van der Waals surface area contributed by atoms with Crippen LogP contribution in [0.15, 0.2) is 274 Å². The molecule has 88 heavy (non-hydrogen) atoms. The zero-order chi connectivity index (χ0) is 59.2. The molecule has 4 heterocycles. The summed E-state index contributed by atoms with van der Waals surface area (Å²) in [7, 11) is 0. The van der Waals surface area contributed by atoms with E-state index < -0.39 is 10.8 Å². The first kappa shape index (κ1) is 52.2. The Kier molecular flexibility index (Phi) is 11.0. The van der Waals surface area contributed by atoms with Crippen LogP contribution in [0.3, 0.4) is 0 Å². The van der Waals surface area contributed by atoms with Crippen molar-refractivity contribution >= 4 is 80.7 Å². The second kappa shape index (κ2) is 18.5. The van der Waals surface area contributed by atoms with Gasteiger partial charge >= 0.3 is 0 Å². The summed E-state index contributed by atoms with van der Waals surface area (Å²) < 4.78 is 0. The van der Waals surface area contributed by atoms with Crippen LogP contribution in [-0.2, 0) is 21.7 Å². The van der Waals surface area contributed by atoms with Crippen LogP contribution < -0.4 is 26.2 Å². The zero-order valence-corrected chi connectivity index (χ0v) is 52.2. The topological polar surface area (TPSA) is 6.48 Å². The molecule has 12 aromatic carbocycles. The molecule has 2 spiro atoms. The van der Waals surface area contributed by atoms with E-state index in [1.165, 1.54) is 159 Å². The Morgan fingerprint density at radius 1 is 0.341 bits per heavy atom. The van der Waals surface area contributed by atoms with E-state index in [2.05, 4.69) is 313 Å². The summed E-state index contributed by atoms with van der Waals surface area (Å²) in [6.45, 7) is 16.2. The normalized spacial score (nSPS) is 15.2. The maximum atomic E-state index is 2.74. The van der Waals surface area contributed by atoms with Crippen LogP contribution in [0.5, 0.6) is 0 Å². The highest BCUT2D eigenvalue weighted by atomic mass is 32.2. The Hall–Kier alpha value is -9.00. The number of benzene rings is 12. The molecule has 6 aliphatic rings. The number of hydrogen-bond acceptors (Lipinski definition) is 4. The van der Waals surface area contributed by atoms with Crippen LogP contribution in [0, 0.1) is 6.92 Å². The van der Waals surface area contributed by atoms with Gasteiger partial charge < -0.3 is 9.80 Å². The van der Waals surface area contributed by atoms with E-state index in [1.807, 2.05) is 23.5 Å². The summed E-state index contributed by atoms with van der Waals surface area (Å²) in [4.78, 5) is 10.7. The van der Waals surface area contributed by atoms with E-state index in [0.29, 0.717) is 0 Å². The van der Waals surface area contributed by atoms with Crippen molar-refractivity contribution in [1.82, 2.24) is 0 Å².